The first kappa shape index (κ1) is 20.7. The maximum atomic E-state index is 12.2. The molecule has 1 aromatic carbocycles. The Hall–Kier alpha value is -2.35. The summed E-state index contributed by atoms with van der Waals surface area (Å²) in [4.78, 5) is 7.96. The molecule has 0 amide bonds. The van der Waals surface area contributed by atoms with Crippen LogP contribution in [0.4, 0.5) is 19.0 Å². The number of rotatable bonds is 5. The van der Waals surface area contributed by atoms with Gasteiger partial charge in [-0.1, -0.05) is 19.9 Å². The average Bonchev–Trinajstić information content (AvgIpc) is 2.53. The van der Waals surface area contributed by atoms with E-state index in [4.69, 9.17) is 0 Å². The predicted octanol–water partition coefficient (Wildman–Crippen LogP) is 4.16. The summed E-state index contributed by atoms with van der Waals surface area (Å²) in [6.07, 6.45) is -4.23. The Morgan fingerprint density at radius 3 is 2.40 bits per heavy atom. The smallest absolute Gasteiger partial charge is 0.406 e. The molecule has 25 heavy (non-hydrogen) atoms. The highest BCUT2D eigenvalue weighted by atomic mass is 19.4. The molecule has 0 aliphatic carbocycles. The van der Waals surface area contributed by atoms with Crippen molar-refractivity contribution in [2.24, 2.45) is 0 Å². The van der Waals surface area contributed by atoms with Crippen LogP contribution in [0.15, 0.2) is 30.6 Å². The maximum absolute atomic E-state index is 12.2. The molecule has 2 aromatic rings. The van der Waals surface area contributed by atoms with Crippen molar-refractivity contribution >= 4 is 5.82 Å². The standard InChI is InChI=1S/C15H16F3N3O2.C2H6/c1-9-5-11(23-15(16,17)18)3-4-12(9)13(22)7-19-14-6-10(2)20-8-21-14;1-2/h3-6,8,13,22H,7H2,1-2H3,(H,19,20,21);1-2H3. The normalized spacial score (nSPS) is 12.0. The minimum Gasteiger partial charge on any atom is -0.406 e. The van der Waals surface area contributed by atoms with Crippen molar-refractivity contribution in [2.75, 3.05) is 11.9 Å². The molecule has 1 heterocycles. The molecule has 0 saturated carbocycles. The number of ether oxygens (including phenoxy) is 1. The second-order valence-electron chi connectivity index (χ2n) is 5.01. The summed E-state index contributed by atoms with van der Waals surface area (Å²) in [7, 11) is 0. The van der Waals surface area contributed by atoms with E-state index in [1.165, 1.54) is 24.5 Å². The Bertz CT molecular complexity index is 678. The first-order valence-electron chi connectivity index (χ1n) is 7.81. The Labute approximate surface area is 144 Å². The van der Waals surface area contributed by atoms with E-state index in [2.05, 4.69) is 20.0 Å². The van der Waals surface area contributed by atoms with Crippen LogP contribution in [-0.2, 0) is 0 Å². The van der Waals surface area contributed by atoms with Gasteiger partial charge in [0.05, 0.1) is 6.10 Å². The number of benzene rings is 1. The summed E-state index contributed by atoms with van der Waals surface area (Å²) in [6, 6.07) is 5.54. The van der Waals surface area contributed by atoms with Gasteiger partial charge in [0.2, 0.25) is 0 Å². The summed E-state index contributed by atoms with van der Waals surface area (Å²) in [5, 5.41) is 13.1. The van der Waals surface area contributed by atoms with Crippen molar-refractivity contribution in [1.82, 2.24) is 9.97 Å². The van der Waals surface area contributed by atoms with Gasteiger partial charge in [0, 0.05) is 18.3 Å². The number of aromatic nitrogens is 2. The molecule has 2 rings (SSSR count). The van der Waals surface area contributed by atoms with Gasteiger partial charge in [-0.15, -0.1) is 13.2 Å². The number of nitrogens with one attached hydrogen (secondary N) is 1. The number of aliphatic hydroxyl groups excluding tert-OH is 1. The van der Waals surface area contributed by atoms with E-state index < -0.39 is 12.5 Å². The fourth-order valence-corrected chi connectivity index (χ4v) is 2.08. The molecule has 0 radical (unpaired) electrons. The zero-order valence-corrected chi connectivity index (χ0v) is 14.6. The van der Waals surface area contributed by atoms with E-state index in [0.29, 0.717) is 16.9 Å². The molecule has 0 spiro atoms. The van der Waals surface area contributed by atoms with Crippen LogP contribution in [-0.4, -0.2) is 28.0 Å². The lowest BCUT2D eigenvalue weighted by Gasteiger charge is -2.16. The SMILES string of the molecule is CC.Cc1cc(NCC(O)c2ccc(OC(F)(F)F)cc2C)ncn1. The predicted molar refractivity (Wildman–Crippen MR) is 89.4 cm³/mol. The second kappa shape index (κ2) is 9.22. The van der Waals surface area contributed by atoms with Gasteiger partial charge in [-0.3, -0.25) is 0 Å². The first-order chi connectivity index (χ1) is 11.7. The molecular weight excluding hydrogens is 335 g/mol. The molecule has 8 heteroatoms. The molecule has 0 bridgehead atoms. The quantitative estimate of drug-likeness (QED) is 0.841. The highest BCUT2D eigenvalue weighted by Gasteiger charge is 2.31. The van der Waals surface area contributed by atoms with E-state index in [0.717, 1.165) is 5.69 Å². The highest BCUT2D eigenvalue weighted by Crippen LogP contribution is 2.27. The van der Waals surface area contributed by atoms with Gasteiger partial charge >= 0.3 is 6.36 Å². The molecule has 0 aliphatic rings. The second-order valence-corrected chi connectivity index (χ2v) is 5.01. The topological polar surface area (TPSA) is 67.3 Å². The van der Waals surface area contributed by atoms with Crippen LogP contribution in [0.1, 0.15) is 36.8 Å². The largest absolute Gasteiger partial charge is 0.573 e. The van der Waals surface area contributed by atoms with Gasteiger partial charge in [-0.05, 0) is 37.1 Å². The van der Waals surface area contributed by atoms with Gasteiger partial charge in [-0.2, -0.15) is 0 Å². The van der Waals surface area contributed by atoms with E-state index in [9.17, 15) is 18.3 Å². The van der Waals surface area contributed by atoms with E-state index in [1.807, 2.05) is 20.8 Å². The Balaban J connectivity index is 0.00000151. The van der Waals surface area contributed by atoms with E-state index in [-0.39, 0.29) is 12.3 Å². The highest BCUT2D eigenvalue weighted by molar-refractivity contribution is 5.38. The fraction of sp³-hybridized carbons (Fsp3) is 0.412. The number of hydrogen-bond donors (Lipinski definition) is 2. The lowest BCUT2D eigenvalue weighted by Crippen LogP contribution is -2.18. The van der Waals surface area contributed by atoms with Crippen LogP contribution in [0.5, 0.6) is 5.75 Å². The third kappa shape index (κ3) is 6.96. The van der Waals surface area contributed by atoms with Crippen molar-refractivity contribution in [3.8, 4) is 5.75 Å². The van der Waals surface area contributed by atoms with Crippen molar-refractivity contribution in [3.63, 3.8) is 0 Å². The van der Waals surface area contributed by atoms with Crippen molar-refractivity contribution in [3.05, 3.63) is 47.4 Å². The minimum atomic E-state index is -4.74. The number of halogens is 3. The van der Waals surface area contributed by atoms with Crippen LogP contribution >= 0.6 is 0 Å². The maximum Gasteiger partial charge on any atom is 0.573 e. The first-order valence-corrected chi connectivity index (χ1v) is 7.81. The van der Waals surface area contributed by atoms with E-state index in [1.54, 1.807) is 13.0 Å². The summed E-state index contributed by atoms with van der Waals surface area (Å²) in [5.74, 6) is 0.247. The monoisotopic (exact) mass is 357 g/mol. The van der Waals surface area contributed by atoms with Gasteiger partial charge in [0.25, 0.3) is 0 Å². The Morgan fingerprint density at radius 1 is 1.16 bits per heavy atom. The van der Waals surface area contributed by atoms with Crippen LogP contribution in [0, 0.1) is 13.8 Å². The summed E-state index contributed by atoms with van der Waals surface area (Å²) in [6.45, 7) is 7.58. The Morgan fingerprint density at radius 2 is 1.84 bits per heavy atom. The van der Waals surface area contributed by atoms with Gasteiger partial charge in [-0.25, -0.2) is 9.97 Å². The number of aliphatic hydroxyl groups is 1. The lowest BCUT2D eigenvalue weighted by molar-refractivity contribution is -0.274. The van der Waals surface area contributed by atoms with E-state index >= 15 is 0 Å². The number of alkyl halides is 3. The number of hydrogen-bond acceptors (Lipinski definition) is 5. The fourth-order valence-electron chi connectivity index (χ4n) is 2.08. The molecule has 5 nitrogen and oxygen atoms in total. The van der Waals surface area contributed by atoms with Crippen molar-refractivity contribution < 1.29 is 23.0 Å². The molecule has 1 atom stereocenters. The van der Waals surface area contributed by atoms with Crippen molar-refractivity contribution in [1.29, 1.82) is 0 Å². The third-order valence-corrected chi connectivity index (χ3v) is 3.11. The number of anilines is 1. The van der Waals surface area contributed by atoms with Crippen LogP contribution in [0.25, 0.3) is 0 Å². The third-order valence-electron chi connectivity index (χ3n) is 3.11. The zero-order valence-electron chi connectivity index (χ0n) is 14.6. The van der Waals surface area contributed by atoms with Gasteiger partial charge in [0.1, 0.15) is 17.9 Å². The number of aryl methyl sites for hydroxylation is 2. The zero-order chi connectivity index (χ0) is 19.0. The molecular formula is C17H22F3N3O2. The molecule has 138 valence electrons. The van der Waals surface area contributed by atoms with Crippen LogP contribution in [0.3, 0.4) is 0 Å². The average molecular weight is 357 g/mol. The Kier molecular flexibility index (Phi) is 7.63. The molecule has 0 aliphatic heterocycles. The molecule has 0 saturated heterocycles. The van der Waals surface area contributed by atoms with Gasteiger partial charge < -0.3 is 15.2 Å². The lowest BCUT2D eigenvalue weighted by atomic mass is 10.0. The summed E-state index contributed by atoms with van der Waals surface area (Å²) >= 11 is 0. The molecule has 0 fully saturated rings. The van der Waals surface area contributed by atoms with Crippen LogP contribution < -0.4 is 10.1 Å². The molecule has 1 unspecified atom stereocenters. The summed E-state index contributed by atoms with van der Waals surface area (Å²) in [5.41, 5.74) is 1.79. The molecule has 2 N–H and O–H groups in total. The minimum absolute atomic E-state index is 0.163. The van der Waals surface area contributed by atoms with Gasteiger partial charge in [0.15, 0.2) is 0 Å². The summed E-state index contributed by atoms with van der Waals surface area (Å²) < 4.78 is 40.4. The van der Waals surface area contributed by atoms with Crippen molar-refractivity contribution in [2.45, 2.75) is 40.2 Å². The molecule has 1 aromatic heterocycles. The van der Waals surface area contributed by atoms with Crippen LogP contribution in [0.2, 0.25) is 0 Å². The number of nitrogens with zero attached hydrogens (tertiary/aromatic N) is 2.